The summed E-state index contributed by atoms with van der Waals surface area (Å²) in [5.74, 6) is -1.22. The number of nitrogens with zero attached hydrogens (tertiary/aromatic N) is 2. The first kappa shape index (κ1) is 38.6. The Labute approximate surface area is 292 Å². The van der Waals surface area contributed by atoms with Crippen molar-refractivity contribution < 1.29 is 42.8 Å². The molecule has 49 heavy (non-hydrogen) atoms. The Morgan fingerprint density at radius 2 is 1.88 bits per heavy atom. The SMILES string of the molecule is CCOC(COCCCOc1cc(-c2scnc2C)ccc1CNC(=O)[C@@H]1C[C@@H](O)CN1C(=O)[C@@H](NC(=O)C1(F)CC1)C(C)(C)C)OCC. The van der Waals surface area contributed by atoms with E-state index in [1.54, 1.807) is 26.3 Å². The van der Waals surface area contributed by atoms with E-state index in [9.17, 15) is 23.9 Å². The van der Waals surface area contributed by atoms with Gasteiger partial charge in [-0.25, -0.2) is 9.37 Å². The molecule has 3 amide bonds. The van der Waals surface area contributed by atoms with Crippen LogP contribution in [0.2, 0.25) is 0 Å². The summed E-state index contributed by atoms with van der Waals surface area (Å²) in [4.78, 5) is 46.6. The van der Waals surface area contributed by atoms with Crippen molar-refractivity contribution in [3.63, 3.8) is 0 Å². The highest BCUT2D eigenvalue weighted by molar-refractivity contribution is 7.13. The monoisotopic (exact) mass is 706 g/mol. The maximum atomic E-state index is 14.5. The van der Waals surface area contributed by atoms with Crippen LogP contribution < -0.4 is 15.4 Å². The summed E-state index contributed by atoms with van der Waals surface area (Å²) in [7, 11) is 0. The fraction of sp³-hybridized carbons (Fsp3) is 0.657. The van der Waals surface area contributed by atoms with Gasteiger partial charge in [-0.3, -0.25) is 14.4 Å². The number of hydrogen-bond donors (Lipinski definition) is 3. The number of aliphatic hydroxyl groups is 1. The molecule has 3 N–H and O–H groups in total. The molecule has 0 radical (unpaired) electrons. The number of benzene rings is 1. The lowest BCUT2D eigenvalue weighted by molar-refractivity contribution is -0.167. The van der Waals surface area contributed by atoms with E-state index in [2.05, 4.69) is 15.6 Å². The van der Waals surface area contributed by atoms with Crippen LogP contribution in [0.5, 0.6) is 5.75 Å². The van der Waals surface area contributed by atoms with Crippen molar-refractivity contribution in [2.45, 2.75) is 104 Å². The van der Waals surface area contributed by atoms with Crippen molar-refractivity contribution >= 4 is 29.1 Å². The molecule has 0 unspecified atom stereocenters. The molecule has 12 nitrogen and oxygen atoms in total. The molecule has 4 rings (SSSR count). The third kappa shape index (κ3) is 10.4. The van der Waals surface area contributed by atoms with E-state index in [1.807, 2.05) is 39.0 Å². The zero-order chi connectivity index (χ0) is 35.8. The van der Waals surface area contributed by atoms with E-state index in [0.29, 0.717) is 45.2 Å². The zero-order valence-electron chi connectivity index (χ0n) is 29.4. The minimum atomic E-state index is -1.96. The maximum Gasteiger partial charge on any atom is 0.258 e. The summed E-state index contributed by atoms with van der Waals surface area (Å²) >= 11 is 1.52. The van der Waals surface area contributed by atoms with E-state index < -0.39 is 53.3 Å². The van der Waals surface area contributed by atoms with Gasteiger partial charge < -0.3 is 39.6 Å². The molecule has 1 aliphatic carbocycles. The van der Waals surface area contributed by atoms with Crippen molar-refractivity contribution in [2.24, 2.45) is 5.41 Å². The van der Waals surface area contributed by atoms with Gasteiger partial charge in [0, 0.05) is 44.7 Å². The number of amides is 3. The number of aliphatic hydroxyl groups excluding tert-OH is 1. The number of carbonyl (C=O) groups is 3. The first-order valence-electron chi connectivity index (χ1n) is 17.0. The Balaban J connectivity index is 1.42. The second kappa shape index (κ2) is 17.2. The molecule has 14 heteroatoms. The zero-order valence-corrected chi connectivity index (χ0v) is 30.2. The molecule has 1 saturated heterocycles. The van der Waals surface area contributed by atoms with E-state index in [1.165, 1.54) is 16.2 Å². The first-order chi connectivity index (χ1) is 23.3. The Hall–Kier alpha value is -3.17. The summed E-state index contributed by atoms with van der Waals surface area (Å²) < 4.78 is 37.5. The van der Waals surface area contributed by atoms with E-state index in [0.717, 1.165) is 21.7 Å². The van der Waals surface area contributed by atoms with Gasteiger partial charge in [0.25, 0.3) is 5.91 Å². The van der Waals surface area contributed by atoms with Crippen LogP contribution in [0, 0.1) is 12.3 Å². The smallest absolute Gasteiger partial charge is 0.258 e. The summed E-state index contributed by atoms with van der Waals surface area (Å²) in [6.07, 6.45) is -0.466. The van der Waals surface area contributed by atoms with Gasteiger partial charge in [-0.1, -0.05) is 32.9 Å². The van der Waals surface area contributed by atoms with Gasteiger partial charge in [0.15, 0.2) is 12.0 Å². The molecular weight excluding hydrogens is 655 g/mol. The van der Waals surface area contributed by atoms with Crippen LogP contribution in [0.25, 0.3) is 10.4 Å². The number of alkyl halides is 1. The van der Waals surface area contributed by atoms with Crippen LogP contribution in [0.3, 0.4) is 0 Å². The molecule has 1 aromatic carbocycles. The molecule has 2 fully saturated rings. The number of halogens is 1. The molecule has 2 heterocycles. The number of aromatic nitrogens is 1. The van der Waals surface area contributed by atoms with Crippen LogP contribution in [-0.2, 0) is 35.1 Å². The Morgan fingerprint density at radius 1 is 1.16 bits per heavy atom. The van der Waals surface area contributed by atoms with E-state index in [4.69, 9.17) is 18.9 Å². The predicted octanol–water partition coefficient (Wildman–Crippen LogP) is 3.91. The van der Waals surface area contributed by atoms with Crippen molar-refractivity contribution in [3.05, 3.63) is 35.0 Å². The third-order valence-corrected chi connectivity index (χ3v) is 9.50. The number of hydrogen-bond acceptors (Lipinski definition) is 10. The predicted molar refractivity (Wildman–Crippen MR) is 183 cm³/mol. The number of ether oxygens (including phenoxy) is 4. The molecule has 0 spiro atoms. The van der Waals surface area contributed by atoms with Crippen molar-refractivity contribution in [2.75, 3.05) is 39.6 Å². The van der Waals surface area contributed by atoms with Crippen LogP contribution in [0.1, 0.15) is 71.6 Å². The van der Waals surface area contributed by atoms with Crippen molar-refractivity contribution in [3.8, 4) is 16.2 Å². The molecule has 1 aliphatic heterocycles. The normalized spacial score (nSPS) is 19.2. The highest BCUT2D eigenvalue weighted by Gasteiger charge is 2.53. The van der Waals surface area contributed by atoms with Gasteiger partial charge >= 0.3 is 0 Å². The molecule has 2 aromatic rings. The van der Waals surface area contributed by atoms with Crippen molar-refractivity contribution in [1.82, 2.24) is 20.5 Å². The number of rotatable bonds is 18. The standard InChI is InChI=1S/C35H51FN4O8S/c1-7-46-28(47-8-2)20-45-14-9-15-48-27-16-23(29-22(3)38-21-49-29)10-11-24(27)18-37-31(42)26-17-25(41)19-40(26)32(43)30(34(4,5)6)39-33(44)35(36)12-13-35/h10-11,16,21,25-26,28,30,41H,7-9,12-15,17-20H2,1-6H3,(H,37,42)(H,39,44)/t25-,26+,30-/m1/s1. The fourth-order valence-electron chi connectivity index (χ4n) is 5.61. The third-order valence-electron chi connectivity index (χ3n) is 8.53. The van der Waals surface area contributed by atoms with Crippen molar-refractivity contribution in [1.29, 1.82) is 0 Å². The molecule has 3 atom stereocenters. The average Bonchev–Trinajstić information content (AvgIpc) is 3.46. The van der Waals surface area contributed by atoms with Gasteiger partial charge in [-0.05, 0) is 50.7 Å². The summed E-state index contributed by atoms with van der Waals surface area (Å²) in [6, 6.07) is 3.71. The summed E-state index contributed by atoms with van der Waals surface area (Å²) in [5.41, 5.74) is 1.62. The molecule has 1 saturated carbocycles. The molecule has 2 aliphatic rings. The fourth-order valence-corrected chi connectivity index (χ4v) is 6.41. The van der Waals surface area contributed by atoms with Crippen LogP contribution in [0.4, 0.5) is 4.39 Å². The lowest BCUT2D eigenvalue weighted by Gasteiger charge is -2.35. The number of carbonyl (C=O) groups excluding carboxylic acids is 3. The molecule has 0 bridgehead atoms. The number of likely N-dealkylation sites (tertiary alicyclic amines) is 1. The minimum Gasteiger partial charge on any atom is -0.493 e. The highest BCUT2D eigenvalue weighted by Crippen LogP contribution is 2.40. The molecule has 1 aromatic heterocycles. The van der Waals surface area contributed by atoms with E-state index in [-0.39, 0.29) is 32.4 Å². The van der Waals surface area contributed by atoms with Crippen LogP contribution >= 0.6 is 11.3 Å². The van der Waals surface area contributed by atoms with Gasteiger partial charge in [-0.15, -0.1) is 11.3 Å². The minimum absolute atomic E-state index is 0.0375. The summed E-state index contributed by atoms with van der Waals surface area (Å²) in [6.45, 7) is 13.2. The first-order valence-corrected chi connectivity index (χ1v) is 17.9. The lowest BCUT2D eigenvalue weighted by atomic mass is 9.85. The molecule has 272 valence electrons. The lowest BCUT2D eigenvalue weighted by Crippen LogP contribution is -2.59. The maximum absolute atomic E-state index is 14.5. The quantitative estimate of drug-likeness (QED) is 0.155. The second-order valence-electron chi connectivity index (χ2n) is 13.6. The largest absolute Gasteiger partial charge is 0.493 e. The Bertz CT molecular complexity index is 1420. The number of β-amino-alcohol motifs (C(OH)–C–C–N with tert-alkyl or cyclic N) is 1. The van der Waals surface area contributed by atoms with Gasteiger partial charge in [0.2, 0.25) is 11.8 Å². The second-order valence-corrected chi connectivity index (χ2v) is 14.4. The van der Waals surface area contributed by atoms with Gasteiger partial charge in [-0.2, -0.15) is 0 Å². The average molecular weight is 707 g/mol. The molecular formula is C35H51FN4O8S. The Kier molecular flexibility index (Phi) is 13.5. The van der Waals surface area contributed by atoms with E-state index >= 15 is 0 Å². The Morgan fingerprint density at radius 3 is 2.49 bits per heavy atom. The number of nitrogens with one attached hydrogen (secondary N) is 2. The summed E-state index contributed by atoms with van der Waals surface area (Å²) in [5, 5.41) is 16.0. The highest BCUT2D eigenvalue weighted by atomic mass is 32.1. The topological polar surface area (TPSA) is 149 Å². The number of aryl methyl sites for hydroxylation is 1. The van der Waals surface area contributed by atoms with Crippen LogP contribution in [-0.4, -0.2) is 102 Å². The van der Waals surface area contributed by atoms with Crippen LogP contribution in [0.15, 0.2) is 23.7 Å². The van der Waals surface area contributed by atoms with Gasteiger partial charge in [0.1, 0.15) is 17.8 Å². The number of thiazole rings is 1. The van der Waals surface area contributed by atoms with Gasteiger partial charge in [0.05, 0.1) is 42.0 Å².